The number of ether oxygens (including phenoxy) is 1. The van der Waals surface area contributed by atoms with E-state index < -0.39 is 5.60 Å². The van der Waals surface area contributed by atoms with Crippen LogP contribution in [0.2, 0.25) is 0 Å². The molecule has 0 unspecified atom stereocenters. The normalized spacial score (nSPS) is 11.6. The largest absolute Gasteiger partial charge is 0.388 e. The van der Waals surface area contributed by atoms with Crippen molar-refractivity contribution < 1.29 is 9.26 Å². The number of hydrogen-bond donors (Lipinski definition) is 1. The Hall–Kier alpha value is -1.88. The highest BCUT2D eigenvalue weighted by Gasteiger charge is 2.27. The van der Waals surface area contributed by atoms with Gasteiger partial charge in [0.05, 0.1) is 0 Å². The van der Waals surface area contributed by atoms with Crippen LogP contribution >= 0.6 is 0 Å². The Bertz CT molecular complexity index is 532. The summed E-state index contributed by atoms with van der Waals surface area (Å²) in [7, 11) is 1.88. The number of hydrogen-bond acceptors (Lipinski definition) is 5. The molecule has 0 atom stereocenters. The minimum Gasteiger partial charge on any atom is -0.388 e. The minimum atomic E-state index is -0.540. The quantitative estimate of drug-likeness (QED) is 0.896. The second-order valence-corrected chi connectivity index (χ2v) is 4.69. The van der Waals surface area contributed by atoms with Crippen molar-refractivity contribution in [1.82, 2.24) is 10.1 Å². The van der Waals surface area contributed by atoms with Gasteiger partial charge < -0.3 is 14.6 Å². The van der Waals surface area contributed by atoms with Crippen molar-refractivity contribution in [3.8, 4) is 11.5 Å². The van der Waals surface area contributed by atoms with E-state index in [-0.39, 0.29) is 0 Å². The van der Waals surface area contributed by atoms with E-state index in [1.165, 1.54) is 0 Å². The van der Waals surface area contributed by atoms with Crippen LogP contribution in [0.3, 0.4) is 0 Å². The van der Waals surface area contributed by atoms with E-state index in [0.29, 0.717) is 18.3 Å². The number of aromatic nitrogens is 2. The Morgan fingerprint density at radius 3 is 2.53 bits per heavy atom. The summed E-state index contributed by atoms with van der Waals surface area (Å²) in [5.74, 6) is 1.06. The Balaban J connectivity index is 2.25. The van der Waals surface area contributed by atoms with Crippen molar-refractivity contribution in [2.75, 3.05) is 19.0 Å². The second-order valence-electron chi connectivity index (χ2n) is 4.69. The number of benzene rings is 1. The lowest BCUT2D eigenvalue weighted by molar-refractivity contribution is -0.0221. The lowest BCUT2D eigenvalue weighted by Gasteiger charge is -2.19. The van der Waals surface area contributed by atoms with Crippen LogP contribution in [0.25, 0.3) is 11.5 Å². The average molecular weight is 261 g/mol. The molecule has 2 aromatic rings. The highest BCUT2D eigenvalue weighted by Crippen LogP contribution is 2.25. The molecule has 0 bridgehead atoms. The molecule has 1 aromatic carbocycles. The molecule has 0 saturated heterocycles. The molecule has 0 amide bonds. The maximum absolute atomic E-state index is 5.61. The molecule has 102 valence electrons. The predicted octanol–water partition coefficient (Wildman–Crippen LogP) is 3.05. The zero-order chi connectivity index (χ0) is 13.9. The predicted molar refractivity (Wildman–Crippen MR) is 73.9 cm³/mol. The van der Waals surface area contributed by atoms with E-state index in [4.69, 9.17) is 9.26 Å². The molecule has 0 aliphatic heterocycles. The average Bonchev–Trinajstić information content (AvgIpc) is 2.89. The Morgan fingerprint density at radius 2 is 1.95 bits per heavy atom. The number of nitrogens with one attached hydrogen (secondary N) is 1. The number of anilines is 1. The van der Waals surface area contributed by atoms with Crippen molar-refractivity contribution in [3.05, 3.63) is 30.1 Å². The molecule has 0 aliphatic carbocycles. The summed E-state index contributed by atoms with van der Waals surface area (Å²) < 4.78 is 10.9. The smallest absolute Gasteiger partial charge is 0.258 e. The zero-order valence-electron chi connectivity index (χ0n) is 11.7. The molecule has 19 heavy (non-hydrogen) atoms. The molecule has 2 rings (SSSR count). The third-order valence-corrected chi connectivity index (χ3v) is 2.89. The maximum Gasteiger partial charge on any atom is 0.258 e. The van der Waals surface area contributed by atoms with Gasteiger partial charge in [0, 0.05) is 24.9 Å². The van der Waals surface area contributed by atoms with E-state index in [0.717, 1.165) is 11.3 Å². The first kappa shape index (κ1) is 13.5. The fraction of sp³-hybridized carbons (Fsp3) is 0.429. The van der Waals surface area contributed by atoms with Gasteiger partial charge in [0.15, 0.2) is 0 Å². The third-order valence-electron chi connectivity index (χ3n) is 2.89. The van der Waals surface area contributed by atoms with E-state index in [1.807, 2.05) is 52.1 Å². The first-order valence-electron chi connectivity index (χ1n) is 6.33. The summed E-state index contributed by atoms with van der Waals surface area (Å²) in [6.45, 7) is 6.40. The standard InChI is InChI=1S/C14H19N3O2/c1-5-18-14(2,3)13-16-12(19-17-13)10-6-8-11(15-4)9-7-10/h6-9,15H,5H2,1-4H3. The summed E-state index contributed by atoms with van der Waals surface area (Å²) in [4.78, 5) is 4.40. The van der Waals surface area contributed by atoms with E-state index >= 15 is 0 Å². The maximum atomic E-state index is 5.61. The van der Waals surface area contributed by atoms with Crippen molar-refractivity contribution in [1.29, 1.82) is 0 Å². The fourth-order valence-electron chi connectivity index (χ4n) is 1.79. The molecule has 1 N–H and O–H groups in total. The van der Waals surface area contributed by atoms with Crippen molar-refractivity contribution in [3.63, 3.8) is 0 Å². The Kier molecular flexibility index (Phi) is 3.85. The third kappa shape index (κ3) is 2.93. The van der Waals surface area contributed by atoms with Gasteiger partial charge in [-0.2, -0.15) is 4.98 Å². The van der Waals surface area contributed by atoms with Gasteiger partial charge in [-0.05, 0) is 45.0 Å². The van der Waals surface area contributed by atoms with Gasteiger partial charge in [-0.1, -0.05) is 5.16 Å². The lowest BCUT2D eigenvalue weighted by atomic mass is 10.1. The van der Waals surface area contributed by atoms with Crippen LogP contribution in [0.4, 0.5) is 5.69 Å². The molecule has 0 aliphatic rings. The second kappa shape index (κ2) is 5.40. The molecular formula is C14H19N3O2. The number of nitrogens with zero attached hydrogens (tertiary/aromatic N) is 2. The SMILES string of the molecule is CCOC(C)(C)c1noc(-c2ccc(NC)cc2)n1. The molecule has 0 radical (unpaired) electrons. The highest BCUT2D eigenvalue weighted by molar-refractivity contribution is 5.58. The van der Waals surface area contributed by atoms with Crippen molar-refractivity contribution in [2.24, 2.45) is 0 Å². The molecule has 0 fully saturated rings. The van der Waals surface area contributed by atoms with Crippen LogP contribution < -0.4 is 5.32 Å². The van der Waals surface area contributed by atoms with Gasteiger partial charge >= 0.3 is 0 Å². The Labute approximate surface area is 113 Å². The minimum absolute atomic E-state index is 0.505. The van der Waals surface area contributed by atoms with Gasteiger partial charge in [0.1, 0.15) is 5.60 Å². The zero-order valence-corrected chi connectivity index (χ0v) is 11.7. The van der Waals surface area contributed by atoms with E-state index in [2.05, 4.69) is 15.5 Å². The lowest BCUT2D eigenvalue weighted by Crippen LogP contribution is -2.23. The van der Waals surface area contributed by atoms with Crippen LogP contribution in [-0.2, 0) is 10.3 Å². The van der Waals surface area contributed by atoms with Crippen LogP contribution in [0, 0.1) is 0 Å². The van der Waals surface area contributed by atoms with E-state index in [1.54, 1.807) is 0 Å². The molecule has 1 aromatic heterocycles. The van der Waals surface area contributed by atoms with Crippen molar-refractivity contribution in [2.45, 2.75) is 26.4 Å². The van der Waals surface area contributed by atoms with Gasteiger partial charge in [0.2, 0.25) is 5.82 Å². The fourth-order valence-corrected chi connectivity index (χ4v) is 1.79. The van der Waals surface area contributed by atoms with Crippen LogP contribution in [0.15, 0.2) is 28.8 Å². The molecule has 0 saturated carbocycles. The molecular weight excluding hydrogens is 242 g/mol. The monoisotopic (exact) mass is 261 g/mol. The molecule has 0 spiro atoms. The summed E-state index contributed by atoms with van der Waals surface area (Å²) in [5.41, 5.74) is 1.39. The van der Waals surface area contributed by atoms with Crippen LogP contribution in [-0.4, -0.2) is 23.8 Å². The first-order chi connectivity index (χ1) is 9.06. The first-order valence-corrected chi connectivity index (χ1v) is 6.33. The Morgan fingerprint density at radius 1 is 1.26 bits per heavy atom. The highest BCUT2D eigenvalue weighted by atomic mass is 16.5. The van der Waals surface area contributed by atoms with Crippen LogP contribution in [0.1, 0.15) is 26.6 Å². The van der Waals surface area contributed by atoms with Crippen molar-refractivity contribution >= 4 is 5.69 Å². The summed E-state index contributed by atoms with van der Waals surface area (Å²) >= 11 is 0. The number of rotatable bonds is 5. The van der Waals surface area contributed by atoms with Gasteiger partial charge in [-0.15, -0.1) is 0 Å². The van der Waals surface area contributed by atoms with E-state index in [9.17, 15) is 0 Å². The topological polar surface area (TPSA) is 60.2 Å². The van der Waals surface area contributed by atoms with Crippen LogP contribution in [0.5, 0.6) is 0 Å². The summed E-state index contributed by atoms with van der Waals surface area (Å²) in [6.07, 6.45) is 0. The molecule has 5 heteroatoms. The summed E-state index contributed by atoms with van der Waals surface area (Å²) in [5, 5.41) is 7.06. The van der Waals surface area contributed by atoms with Gasteiger partial charge in [-0.3, -0.25) is 0 Å². The van der Waals surface area contributed by atoms with Gasteiger partial charge in [-0.25, -0.2) is 0 Å². The molecule has 1 heterocycles. The summed E-state index contributed by atoms with van der Waals surface area (Å²) in [6, 6.07) is 7.81. The van der Waals surface area contributed by atoms with Gasteiger partial charge in [0.25, 0.3) is 5.89 Å². The molecule has 5 nitrogen and oxygen atoms in total.